The van der Waals surface area contributed by atoms with Crippen LogP contribution in [0.15, 0.2) is 28.7 Å². The Balaban J connectivity index is 2.69. The van der Waals surface area contributed by atoms with E-state index in [-0.39, 0.29) is 0 Å². The first kappa shape index (κ1) is 10.4. The summed E-state index contributed by atoms with van der Waals surface area (Å²) in [4.78, 5) is 4.46. The summed E-state index contributed by atoms with van der Waals surface area (Å²) in [6.07, 6.45) is 0.915. The molecule has 0 aliphatic carbocycles. The fourth-order valence-electron chi connectivity index (χ4n) is 1.58. The Labute approximate surface area is 96.8 Å². The van der Waals surface area contributed by atoms with Gasteiger partial charge < -0.3 is 5.43 Å². The Hall–Kier alpha value is -1.13. The van der Waals surface area contributed by atoms with Crippen molar-refractivity contribution in [2.75, 3.05) is 5.43 Å². The molecule has 0 bridgehead atoms. The molecular weight excluding hydrogens is 254 g/mol. The van der Waals surface area contributed by atoms with Crippen LogP contribution < -0.4 is 11.3 Å². The monoisotopic (exact) mass is 265 g/mol. The molecule has 0 atom stereocenters. The van der Waals surface area contributed by atoms with Gasteiger partial charge in [-0.2, -0.15) is 0 Å². The molecule has 3 nitrogen and oxygen atoms in total. The lowest BCUT2D eigenvalue weighted by molar-refractivity contribution is 1.10. The Bertz CT molecular complexity index is 496. The van der Waals surface area contributed by atoms with Crippen molar-refractivity contribution in [3.8, 4) is 0 Å². The Morgan fingerprint density at radius 2 is 2.20 bits per heavy atom. The van der Waals surface area contributed by atoms with E-state index in [1.54, 1.807) is 0 Å². The summed E-state index contributed by atoms with van der Waals surface area (Å²) in [7, 11) is 0. The van der Waals surface area contributed by atoms with Crippen LogP contribution >= 0.6 is 15.9 Å². The van der Waals surface area contributed by atoms with E-state index >= 15 is 0 Å². The van der Waals surface area contributed by atoms with Gasteiger partial charge >= 0.3 is 0 Å². The number of halogens is 1. The van der Waals surface area contributed by atoms with Crippen LogP contribution in [0.1, 0.15) is 12.5 Å². The molecule has 3 N–H and O–H groups in total. The number of nitrogens with zero attached hydrogens (tertiary/aromatic N) is 1. The van der Waals surface area contributed by atoms with Gasteiger partial charge in [0.15, 0.2) is 0 Å². The van der Waals surface area contributed by atoms with Crippen LogP contribution in [-0.2, 0) is 6.42 Å². The second-order valence-electron chi connectivity index (χ2n) is 3.33. The largest absolute Gasteiger partial charge is 0.308 e. The lowest BCUT2D eigenvalue weighted by Crippen LogP contribution is -2.11. The summed E-state index contributed by atoms with van der Waals surface area (Å²) >= 11 is 3.42. The van der Waals surface area contributed by atoms with E-state index in [2.05, 4.69) is 39.3 Å². The molecule has 0 aliphatic rings. The first-order chi connectivity index (χ1) is 7.24. The van der Waals surface area contributed by atoms with Gasteiger partial charge in [0.05, 0.1) is 5.52 Å². The van der Waals surface area contributed by atoms with Gasteiger partial charge in [0.25, 0.3) is 0 Å². The summed E-state index contributed by atoms with van der Waals surface area (Å²) in [6.45, 7) is 2.09. The van der Waals surface area contributed by atoms with E-state index in [1.807, 2.05) is 18.2 Å². The van der Waals surface area contributed by atoms with Crippen molar-refractivity contribution in [2.45, 2.75) is 13.3 Å². The predicted molar refractivity (Wildman–Crippen MR) is 66.6 cm³/mol. The maximum Gasteiger partial charge on any atom is 0.143 e. The summed E-state index contributed by atoms with van der Waals surface area (Å²) in [6, 6.07) is 8.16. The zero-order valence-electron chi connectivity index (χ0n) is 8.42. The third-order valence-electron chi connectivity index (χ3n) is 2.38. The first-order valence-electron chi connectivity index (χ1n) is 4.80. The molecule has 78 valence electrons. The average Bonchev–Trinajstić information content (AvgIpc) is 2.27. The van der Waals surface area contributed by atoms with Crippen LogP contribution in [0.5, 0.6) is 0 Å². The van der Waals surface area contributed by atoms with Gasteiger partial charge in [0, 0.05) is 9.86 Å². The highest BCUT2D eigenvalue weighted by Gasteiger charge is 2.04. The molecule has 1 aromatic heterocycles. The van der Waals surface area contributed by atoms with E-state index in [9.17, 15) is 0 Å². The van der Waals surface area contributed by atoms with E-state index < -0.39 is 0 Å². The number of aryl methyl sites for hydroxylation is 1. The van der Waals surface area contributed by atoms with Crippen LogP contribution in [0.3, 0.4) is 0 Å². The standard InChI is InChI=1S/C11H12BrN3/c1-2-7-5-8-3-4-9(12)6-10(8)14-11(7)15-13/h3-6H,2,13H2,1H3,(H,14,15). The topological polar surface area (TPSA) is 50.9 Å². The number of nitrogen functional groups attached to an aromatic ring is 1. The molecule has 0 amide bonds. The van der Waals surface area contributed by atoms with Crippen molar-refractivity contribution in [3.63, 3.8) is 0 Å². The van der Waals surface area contributed by atoms with Gasteiger partial charge in [-0.25, -0.2) is 10.8 Å². The van der Waals surface area contributed by atoms with Crippen molar-refractivity contribution in [2.24, 2.45) is 5.84 Å². The number of benzene rings is 1. The number of hydrogen-bond acceptors (Lipinski definition) is 3. The third-order valence-corrected chi connectivity index (χ3v) is 2.87. The number of anilines is 1. The van der Waals surface area contributed by atoms with E-state index in [0.717, 1.165) is 33.2 Å². The SMILES string of the molecule is CCc1cc2ccc(Br)cc2nc1NN. The molecule has 15 heavy (non-hydrogen) atoms. The molecule has 4 heteroatoms. The number of aromatic nitrogens is 1. The quantitative estimate of drug-likeness (QED) is 0.649. The highest BCUT2D eigenvalue weighted by atomic mass is 79.9. The number of pyridine rings is 1. The average molecular weight is 266 g/mol. The normalized spacial score (nSPS) is 10.6. The summed E-state index contributed by atoms with van der Waals surface area (Å²) in [5.74, 6) is 6.18. The molecular formula is C11H12BrN3. The minimum absolute atomic E-state index is 0.753. The first-order valence-corrected chi connectivity index (χ1v) is 5.59. The van der Waals surface area contributed by atoms with Gasteiger partial charge in [-0.05, 0) is 30.2 Å². The molecule has 0 saturated heterocycles. The Morgan fingerprint density at radius 3 is 2.87 bits per heavy atom. The minimum Gasteiger partial charge on any atom is -0.308 e. The lowest BCUT2D eigenvalue weighted by Gasteiger charge is -2.08. The maximum absolute atomic E-state index is 5.43. The lowest BCUT2D eigenvalue weighted by atomic mass is 10.1. The van der Waals surface area contributed by atoms with Gasteiger partial charge in [-0.15, -0.1) is 0 Å². The van der Waals surface area contributed by atoms with Crippen LogP contribution in [0.4, 0.5) is 5.82 Å². The highest BCUT2D eigenvalue weighted by molar-refractivity contribution is 9.10. The molecule has 1 aromatic carbocycles. The van der Waals surface area contributed by atoms with Gasteiger partial charge in [0.1, 0.15) is 5.82 Å². The molecule has 2 rings (SSSR count). The van der Waals surface area contributed by atoms with Crippen molar-refractivity contribution in [1.29, 1.82) is 0 Å². The minimum atomic E-state index is 0.753. The number of nitrogens with two attached hydrogens (primary N) is 1. The van der Waals surface area contributed by atoms with Crippen molar-refractivity contribution in [3.05, 3.63) is 34.3 Å². The van der Waals surface area contributed by atoms with Crippen molar-refractivity contribution in [1.82, 2.24) is 4.98 Å². The van der Waals surface area contributed by atoms with Crippen LogP contribution in [0, 0.1) is 0 Å². The summed E-state index contributed by atoms with van der Waals surface area (Å²) < 4.78 is 1.02. The van der Waals surface area contributed by atoms with E-state index in [0.29, 0.717) is 0 Å². The molecule has 0 saturated carbocycles. The number of fused-ring (bicyclic) bond motifs is 1. The number of hydrogen-bond donors (Lipinski definition) is 2. The Morgan fingerprint density at radius 1 is 1.40 bits per heavy atom. The van der Waals surface area contributed by atoms with E-state index in [1.165, 1.54) is 0 Å². The summed E-state index contributed by atoms with van der Waals surface area (Å²) in [5.41, 5.74) is 4.70. The third kappa shape index (κ3) is 1.96. The molecule has 0 aliphatic heterocycles. The van der Waals surface area contributed by atoms with Crippen molar-refractivity contribution >= 4 is 32.7 Å². The molecule has 0 spiro atoms. The zero-order valence-corrected chi connectivity index (χ0v) is 10.0. The molecule has 2 aromatic rings. The number of hydrazine groups is 1. The van der Waals surface area contributed by atoms with Gasteiger partial charge in [0.2, 0.25) is 0 Å². The molecule has 1 heterocycles. The second-order valence-corrected chi connectivity index (χ2v) is 4.25. The highest BCUT2D eigenvalue weighted by Crippen LogP contribution is 2.23. The Kier molecular flexibility index (Phi) is 2.88. The second kappa shape index (κ2) is 4.16. The van der Waals surface area contributed by atoms with Gasteiger partial charge in [-0.3, -0.25) is 0 Å². The fraction of sp³-hybridized carbons (Fsp3) is 0.182. The van der Waals surface area contributed by atoms with Crippen LogP contribution in [-0.4, -0.2) is 4.98 Å². The number of rotatable bonds is 2. The smallest absolute Gasteiger partial charge is 0.143 e. The fourth-order valence-corrected chi connectivity index (χ4v) is 1.93. The molecule has 0 fully saturated rings. The van der Waals surface area contributed by atoms with E-state index in [4.69, 9.17) is 5.84 Å². The van der Waals surface area contributed by atoms with Crippen LogP contribution in [0.2, 0.25) is 0 Å². The van der Waals surface area contributed by atoms with Crippen LogP contribution in [0.25, 0.3) is 10.9 Å². The number of nitrogens with one attached hydrogen (secondary N) is 1. The predicted octanol–water partition coefficient (Wildman–Crippen LogP) is 2.85. The maximum atomic E-state index is 5.43. The van der Waals surface area contributed by atoms with Gasteiger partial charge in [-0.1, -0.05) is 28.9 Å². The summed E-state index contributed by atoms with van der Waals surface area (Å²) in [5, 5.41) is 1.13. The molecule has 0 radical (unpaired) electrons. The molecule has 0 unspecified atom stereocenters. The zero-order chi connectivity index (χ0) is 10.8. The van der Waals surface area contributed by atoms with Crippen molar-refractivity contribution < 1.29 is 0 Å².